The third-order valence-corrected chi connectivity index (χ3v) is 11.2. The van der Waals surface area contributed by atoms with E-state index in [1.807, 2.05) is 0 Å². The summed E-state index contributed by atoms with van der Waals surface area (Å²) in [4.78, 5) is 25.6. The smallest absolute Gasteiger partial charge is 0.461 e. The van der Waals surface area contributed by atoms with Gasteiger partial charge in [-0.1, -0.05) is 12.8 Å². The lowest BCUT2D eigenvalue weighted by Crippen LogP contribution is -2.59. The molecular formula is C32H46F2O9. The van der Waals surface area contributed by atoms with Crippen molar-refractivity contribution in [3.05, 3.63) is 0 Å². The predicted octanol–water partition coefficient (Wildman–Crippen LogP) is 6.20. The van der Waals surface area contributed by atoms with Crippen LogP contribution in [0.3, 0.4) is 0 Å². The monoisotopic (exact) mass is 612 g/mol. The molecule has 0 aromatic heterocycles. The molecule has 2 spiro atoms. The highest BCUT2D eigenvalue weighted by molar-refractivity contribution is 5.76. The van der Waals surface area contributed by atoms with Gasteiger partial charge in [0.1, 0.15) is 17.8 Å². The number of carbonyl (C=O) groups excluding carboxylic acids is 2. The fraction of sp³-hybridized carbons (Fsp3) is 0.938. The summed E-state index contributed by atoms with van der Waals surface area (Å²) in [5.41, 5.74) is -1.25. The van der Waals surface area contributed by atoms with E-state index in [0.29, 0.717) is 39.4 Å². The molecule has 0 aromatic carbocycles. The van der Waals surface area contributed by atoms with Gasteiger partial charge in [0.25, 0.3) is 0 Å². The maximum absolute atomic E-state index is 13.7. The van der Waals surface area contributed by atoms with Crippen LogP contribution in [0.25, 0.3) is 0 Å². The molecular weight excluding hydrogens is 566 g/mol. The van der Waals surface area contributed by atoms with Gasteiger partial charge >= 0.3 is 18.0 Å². The summed E-state index contributed by atoms with van der Waals surface area (Å²) in [5.74, 6) is -5.78. The van der Waals surface area contributed by atoms with Gasteiger partial charge in [-0.05, 0) is 76.0 Å². The molecule has 8 fully saturated rings. The SMILES string of the molecule is CC(F)(F)C(=O)OCC12CC3CC(C1)CC(OC(=O)OC(C1COC4(CCCCC4)O1)C1COC4(CCCCC4)O1)(C3)C2. The van der Waals surface area contributed by atoms with E-state index in [2.05, 4.69) is 0 Å². The zero-order chi connectivity index (χ0) is 29.9. The maximum Gasteiger partial charge on any atom is 0.509 e. The van der Waals surface area contributed by atoms with Crippen molar-refractivity contribution in [2.24, 2.45) is 17.3 Å². The van der Waals surface area contributed by atoms with Crippen molar-refractivity contribution in [3.8, 4) is 0 Å². The third-order valence-electron chi connectivity index (χ3n) is 11.2. The van der Waals surface area contributed by atoms with Gasteiger partial charge in [0.2, 0.25) is 0 Å². The zero-order valence-electron chi connectivity index (χ0n) is 25.3. The first kappa shape index (κ1) is 30.1. The summed E-state index contributed by atoms with van der Waals surface area (Å²) < 4.78 is 70.1. The molecule has 0 N–H and O–H groups in total. The van der Waals surface area contributed by atoms with E-state index in [4.69, 9.17) is 33.2 Å². The first-order valence-corrected chi connectivity index (χ1v) is 16.6. The molecule has 2 heterocycles. The van der Waals surface area contributed by atoms with Crippen LogP contribution in [0.2, 0.25) is 0 Å². The summed E-state index contributed by atoms with van der Waals surface area (Å²) in [6.07, 6.45) is 11.6. The highest BCUT2D eigenvalue weighted by atomic mass is 19.3. The molecule has 242 valence electrons. The Morgan fingerprint density at radius 3 is 1.88 bits per heavy atom. The van der Waals surface area contributed by atoms with Gasteiger partial charge in [-0.25, -0.2) is 9.59 Å². The van der Waals surface area contributed by atoms with Crippen molar-refractivity contribution in [2.45, 2.75) is 151 Å². The zero-order valence-corrected chi connectivity index (χ0v) is 25.3. The summed E-state index contributed by atoms with van der Waals surface area (Å²) in [6, 6.07) is 0. The molecule has 6 aliphatic carbocycles. The Morgan fingerprint density at radius 1 is 0.837 bits per heavy atom. The van der Waals surface area contributed by atoms with Crippen LogP contribution in [-0.4, -0.2) is 73.4 Å². The van der Waals surface area contributed by atoms with E-state index in [1.54, 1.807) is 0 Å². The second-order valence-electron chi connectivity index (χ2n) is 14.9. The summed E-state index contributed by atoms with van der Waals surface area (Å²) in [5, 5.41) is 0. The molecule has 2 saturated heterocycles. The first-order chi connectivity index (χ1) is 20.5. The van der Waals surface area contributed by atoms with Gasteiger partial charge in [-0.15, -0.1) is 0 Å². The standard InChI is InChI=1S/C32H46F2O9/c1-28(33,34)26(35)37-20-29-13-21-12-22(14-29)16-30(15-21,19-29)43-27(36)40-25(23-17-38-31(41-23)8-4-2-5-9-31)24-18-39-32(42-24)10-6-3-7-11-32/h21-25H,2-20H2,1H3. The molecule has 11 heteroatoms. The Kier molecular flexibility index (Phi) is 7.74. The fourth-order valence-electron chi connectivity index (χ4n) is 9.89. The number of esters is 1. The van der Waals surface area contributed by atoms with Crippen molar-refractivity contribution in [1.82, 2.24) is 0 Å². The van der Waals surface area contributed by atoms with E-state index in [9.17, 15) is 18.4 Å². The van der Waals surface area contributed by atoms with Crippen molar-refractivity contribution >= 4 is 12.1 Å². The van der Waals surface area contributed by atoms with Crippen molar-refractivity contribution in [1.29, 1.82) is 0 Å². The van der Waals surface area contributed by atoms with E-state index in [0.717, 1.165) is 83.5 Å². The predicted molar refractivity (Wildman–Crippen MR) is 146 cm³/mol. The Hall–Kier alpha value is -1.56. The fourth-order valence-corrected chi connectivity index (χ4v) is 9.89. The lowest BCUT2D eigenvalue weighted by atomic mass is 9.48. The minimum absolute atomic E-state index is 0.0876. The molecule has 4 atom stereocenters. The highest BCUT2D eigenvalue weighted by Crippen LogP contribution is 2.63. The quantitative estimate of drug-likeness (QED) is 0.311. The number of rotatable bonds is 7. The Morgan fingerprint density at radius 2 is 1.37 bits per heavy atom. The van der Waals surface area contributed by atoms with Crippen LogP contribution in [0.5, 0.6) is 0 Å². The average molecular weight is 613 g/mol. The van der Waals surface area contributed by atoms with Crippen molar-refractivity contribution < 1.29 is 51.5 Å². The number of carbonyl (C=O) groups is 2. The number of ether oxygens (including phenoxy) is 7. The Labute approximate surface area is 251 Å². The van der Waals surface area contributed by atoms with Crippen LogP contribution in [0.1, 0.15) is 110 Å². The van der Waals surface area contributed by atoms with Gasteiger partial charge in [-0.2, -0.15) is 8.78 Å². The molecule has 0 radical (unpaired) electrons. The topological polar surface area (TPSA) is 98.8 Å². The van der Waals surface area contributed by atoms with E-state index < -0.39 is 58.9 Å². The maximum atomic E-state index is 13.7. The molecule has 0 aromatic rings. The molecule has 0 amide bonds. The minimum atomic E-state index is -3.54. The largest absolute Gasteiger partial charge is 0.509 e. The van der Waals surface area contributed by atoms with E-state index in [1.165, 1.54) is 0 Å². The van der Waals surface area contributed by atoms with Crippen LogP contribution in [0.4, 0.5) is 13.6 Å². The van der Waals surface area contributed by atoms with Gasteiger partial charge in [0.05, 0.1) is 19.8 Å². The lowest BCUT2D eigenvalue weighted by molar-refractivity contribution is -0.225. The number of halogens is 2. The second-order valence-corrected chi connectivity index (χ2v) is 14.9. The molecule has 8 rings (SSSR count). The molecule has 43 heavy (non-hydrogen) atoms. The van der Waals surface area contributed by atoms with Crippen LogP contribution < -0.4 is 0 Å². The summed E-state index contributed by atoms with van der Waals surface area (Å²) in [7, 11) is 0. The number of hydrogen-bond donors (Lipinski definition) is 0. The second kappa shape index (κ2) is 11.1. The van der Waals surface area contributed by atoms with Gasteiger partial charge in [0.15, 0.2) is 17.7 Å². The van der Waals surface area contributed by atoms with Crippen LogP contribution in [-0.2, 0) is 38.0 Å². The molecule has 4 unspecified atom stereocenters. The number of alkyl halides is 2. The Bertz CT molecular complexity index is 1010. The first-order valence-electron chi connectivity index (χ1n) is 16.6. The van der Waals surface area contributed by atoms with Gasteiger partial charge in [0, 0.05) is 38.0 Å². The Balaban J connectivity index is 1.05. The summed E-state index contributed by atoms with van der Waals surface area (Å²) in [6.45, 7) is 1.07. The van der Waals surface area contributed by atoms with Crippen LogP contribution >= 0.6 is 0 Å². The molecule has 8 aliphatic rings. The molecule has 6 saturated carbocycles. The van der Waals surface area contributed by atoms with Gasteiger partial charge < -0.3 is 33.2 Å². The van der Waals surface area contributed by atoms with Crippen molar-refractivity contribution in [3.63, 3.8) is 0 Å². The van der Waals surface area contributed by atoms with Crippen LogP contribution in [0.15, 0.2) is 0 Å². The normalized spacial score (nSPS) is 40.1. The third kappa shape index (κ3) is 6.04. The lowest BCUT2D eigenvalue weighted by Gasteiger charge is -2.60. The average Bonchev–Trinajstić information content (AvgIpc) is 3.54. The van der Waals surface area contributed by atoms with Crippen LogP contribution in [0, 0.1) is 17.3 Å². The van der Waals surface area contributed by atoms with E-state index in [-0.39, 0.29) is 18.4 Å². The minimum Gasteiger partial charge on any atom is -0.461 e. The summed E-state index contributed by atoms with van der Waals surface area (Å²) >= 11 is 0. The molecule has 2 aliphatic heterocycles. The highest BCUT2D eigenvalue weighted by Gasteiger charge is 2.61. The van der Waals surface area contributed by atoms with Gasteiger partial charge in [-0.3, -0.25) is 0 Å². The number of hydrogen-bond acceptors (Lipinski definition) is 9. The molecule has 4 bridgehead atoms. The molecule has 9 nitrogen and oxygen atoms in total. The van der Waals surface area contributed by atoms with Crippen molar-refractivity contribution in [2.75, 3.05) is 19.8 Å². The van der Waals surface area contributed by atoms with E-state index >= 15 is 0 Å².